The van der Waals surface area contributed by atoms with Gasteiger partial charge >= 0.3 is 5.97 Å². The molecule has 0 saturated heterocycles. The number of esters is 1. The number of ketones is 1. The molecule has 0 heterocycles. The van der Waals surface area contributed by atoms with E-state index in [-0.39, 0.29) is 17.2 Å². The summed E-state index contributed by atoms with van der Waals surface area (Å²) in [6, 6.07) is 0. The molecule has 2 atom stereocenters. The fourth-order valence-corrected chi connectivity index (χ4v) is 2.09. The molecule has 0 aromatic heterocycles. The molecule has 3 heteroatoms. The van der Waals surface area contributed by atoms with Gasteiger partial charge in [-0.3, -0.25) is 4.79 Å². The molecule has 0 spiro atoms. The number of allylic oxidation sites excluding steroid dienone is 1. The Hall–Kier alpha value is -1.12. The van der Waals surface area contributed by atoms with Gasteiger partial charge in [-0.2, -0.15) is 0 Å². The lowest BCUT2D eigenvalue weighted by molar-refractivity contribution is -0.135. The van der Waals surface area contributed by atoms with Crippen molar-refractivity contribution in [1.29, 1.82) is 0 Å². The van der Waals surface area contributed by atoms with Crippen LogP contribution in [0, 0.1) is 17.3 Å². The Morgan fingerprint density at radius 3 is 2.40 bits per heavy atom. The summed E-state index contributed by atoms with van der Waals surface area (Å²) in [6.45, 7) is 7.24. The number of rotatable bonds is 4. The van der Waals surface area contributed by atoms with Gasteiger partial charge in [-0.05, 0) is 30.3 Å². The van der Waals surface area contributed by atoms with Crippen LogP contribution in [0.5, 0.6) is 0 Å². The average Bonchev–Trinajstić information content (AvgIpc) is 2.54. The number of hydrogen-bond acceptors (Lipinski definition) is 3. The van der Waals surface area contributed by atoms with Crippen LogP contribution in [0.15, 0.2) is 12.3 Å². The van der Waals surface area contributed by atoms with Crippen molar-refractivity contribution in [2.24, 2.45) is 17.3 Å². The average molecular weight is 210 g/mol. The SMILES string of the molecule is CC(=O)C[C@@H]1[C@H](/C=C/OC(C)=O)C1(C)C. The van der Waals surface area contributed by atoms with Crippen molar-refractivity contribution in [3.8, 4) is 0 Å². The summed E-state index contributed by atoms with van der Waals surface area (Å²) in [7, 11) is 0. The first kappa shape index (κ1) is 12.0. The van der Waals surface area contributed by atoms with Gasteiger partial charge in [0.15, 0.2) is 0 Å². The smallest absolute Gasteiger partial charge is 0.307 e. The standard InChI is InChI=1S/C12H18O3/c1-8(13)7-11-10(12(11,3)4)5-6-15-9(2)14/h5-6,10-11H,7H2,1-4H3/b6-5+/t10-,11+/m0/s1. The van der Waals surface area contributed by atoms with Gasteiger partial charge < -0.3 is 9.53 Å². The minimum atomic E-state index is -0.312. The van der Waals surface area contributed by atoms with Crippen LogP contribution in [0.2, 0.25) is 0 Å². The summed E-state index contributed by atoms with van der Waals surface area (Å²) < 4.78 is 4.73. The monoisotopic (exact) mass is 210 g/mol. The van der Waals surface area contributed by atoms with Gasteiger partial charge in [-0.25, -0.2) is 0 Å². The second-order valence-electron chi connectivity index (χ2n) is 4.80. The largest absolute Gasteiger partial charge is 0.435 e. The first-order chi connectivity index (χ1) is 6.85. The molecule has 0 radical (unpaired) electrons. The van der Waals surface area contributed by atoms with E-state index in [9.17, 15) is 9.59 Å². The van der Waals surface area contributed by atoms with E-state index in [1.54, 1.807) is 6.92 Å². The fourth-order valence-electron chi connectivity index (χ4n) is 2.09. The van der Waals surface area contributed by atoms with Crippen molar-refractivity contribution in [3.05, 3.63) is 12.3 Å². The summed E-state index contributed by atoms with van der Waals surface area (Å²) in [5, 5.41) is 0. The molecule has 0 aromatic carbocycles. The van der Waals surface area contributed by atoms with Gasteiger partial charge in [-0.15, -0.1) is 0 Å². The molecule has 0 N–H and O–H groups in total. The highest BCUT2D eigenvalue weighted by atomic mass is 16.5. The Labute approximate surface area is 90.5 Å². The first-order valence-electron chi connectivity index (χ1n) is 5.19. The Morgan fingerprint density at radius 1 is 1.33 bits per heavy atom. The minimum absolute atomic E-state index is 0.155. The highest BCUT2D eigenvalue weighted by Gasteiger charge is 2.56. The lowest BCUT2D eigenvalue weighted by atomic mass is 10.1. The van der Waals surface area contributed by atoms with E-state index in [1.807, 2.05) is 6.08 Å². The number of carbonyl (C=O) groups excluding carboxylic acids is 2. The zero-order chi connectivity index (χ0) is 11.6. The Kier molecular flexibility index (Phi) is 3.32. The van der Waals surface area contributed by atoms with E-state index in [1.165, 1.54) is 13.2 Å². The van der Waals surface area contributed by atoms with Gasteiger partial charge in [0.1, 0.15) is 5.78 Å². The lowest BCUT2D eigenvalue weighted by Crippen LogP contribution is -1.96. The molecule has 0 unspecified atom stereocenters. The molecule has 1 rings (SSSR count). The topological polar surface area (TPSA) is 43.4 Å². The normalized spacial score (nSPS) is 27.7. The second-order valence-corrected chi connectivity index (χ2v) is 4.80. The van der Waals surface area contributed by atoms with E-state index in [0.29, 0.717) is 18.3 Å². The molecule has 0 amide bonds. The molecule has 84 valence electrons. The van der Waals surface area contributed by atoms with Crippen LogP contribution < -0.4 is 0 Å². The summed E-state index contributed by atoms with van der Waals surface area (Å²) in [6.07, 6.45) is 3.94. The Bertz CT molecular complexity index is 302. The predicted molar refractivity (Wildman–Crippen MR) is 57.0 cm³/mol. The molecule has 0 aromatic rings. The third kappa shape index (κ3) is 2.91. The molecular formula is C12H18O3. The zero-order valence-electron chi connectivity index (χ0n) is 9.74. The van der Waals surface area contributed by atoms with Crippen molar-refractivity contribution in [2.75, 3.05) is 0 Å². The Balaban J connectivity index is 2.47. The highest BCUT2D eigenvalue weighted by Crippen LogP contribution is 2.60. The Morgan fingerprint density at radius 2 is 1.93 bits per heavy atom. The van der Waals surface area contributed by atoms with Crippen molar-refractivity contribution in [3.63, 3.8) is 0 Å². The van der Waals surface area contributed by atoms with Crippen molar-refractivity contribution in [2.45, 2.75) is 34.1 Å². The van der Waals surface area contributed by atoms with Gasteiger partial charge in [0.05, 0.1) is 6.26 Å². The molecule has 15 heavy (non-hydrogen) atoms. The van der Waals surface area contributed by atoms with E-state index < -0.39 is 0 Å². The molecule has 0 bridgehead atoms. The predicted octanol–water partition coefficient (Wildman–Crippen LogP) is 2.31. The zero-order valence-corrected chi connectivity index (χ0v) is 9.74. The highest BCUT2D eigenvalue weighted by molar-refractivity contribution is 5.76. The maximum Gasteiger partial charge on any atom is 0.307 e. The van der Waals surface area contributed by atoms with Crippen LogP contribution >= 0.6 is 0 Å². The van der Waals surface area contributed by atoms with Crippen molar-refractivity contribution < 1.29 is 14.3 Å². The van der Waals surface area contributed by atoms with E-state index in [2.05, 4.69) is 13.8 Å². The van der Waals surface area contributed by atoms with E-state index in [4.69, 9.17) is 4.74 Å². The number of carbonyl (C=O) groups is 2. The van der Waals surface area contributed by atoms with Crippen molar-refractivity contribution >= 4 is 11.8 Å². The number of ether oxygens (including phenoxy) is 1. The third-order valence-corrected chi connectivity index (χ3v) is 3.17. The maximum atomic E-state index is 11.0. The van der Waals surface area contributed by atoms with Gasteiger partial charge in [-0.1, -0.05) is 13.8 Å². The van der Waals surface area contributed by atoms with Crippen LogP contribution in [0.1, 0.15) is 34.1 Å². The van der Waals surface area contributed by atoms with Crippen molar-refractivity contribution in [1.82, 2.24) is 0 Å². The first-order valence-corrected chi connectivity index (χ1v) is 5.19. The molecule has 1 aliphatic carbocycles. The number of hydrogen-bond donors (Lipinski definition) is 0. The summed E-state index contributed by atoms with van der Waals surface area (Å²) in [5.74, 6) is 0.645. The molecule has 1 aliphatic rings. The number of Topliss-reactive ketones (excluding diaryl/α,β-unsaturated/α-hetero) is 1. The van der Waals surface area contributed by atoms with Crippen LogP contribution in [0.3, 0.4) is 0 Å². The van der Waals surface area contributed by atoms with Crippen LogP contribution in [-0.4, -0.2) is 11.8 Å². The van der Waals surface area contributed by atoms with E-state index in [0.717, 1.165) is 0 Å². The summed E-state index contributed by atoms with van der Waals surface area (Å²) in [5.41, 5.74) is 0.155. The molecule has 1 saturated carbocycles. The van der Waals surface area contributed by atoms with Crippen LogP contribution in [0.25, 0.3) is 0 Å². The maximum absolute atomic E-state index is 11.0. The lowest BCUT2D eigenvalue weighted by Gasteiger charge is -1.98. The van der Waals surface area contributed by atoms with Gasteiger partial charge in [0.25, 0.3) is 0 Å². The van der Waals surface area contributed by atoms with Gasteiger partial charge in [0, 0.05) is 13.3 Å². The minimum Gasteiger partial charge on any atom is -0.435 e. The molecular weight excluding hydrogens is 192 g/mol. The van der Waals surface area contributed by atoms with Gasteiger partial charge in [0.2, 0.25) is 0 Å². The summed E-state index contributed by atoms with van der Waals surface area (Å²) in [4.78, 5) is 21.5. The second kappa shape index (κ2) is 4.17. The molecule has 3 nitrogen and oxygen atoms in total. The molecule has 0 aliphatic heterocycles. The van der Waals surface area contributed by atoms with Crippen LogP contribution in [-0.2, 0) is 14.3 Å². The third-order valence-electron chi connectivity index (χ3n) is 3.17. The quantitative estimate of drug-likeness (QED) is 0.528. The van der Waals surface area contributed by atoms with Crippen LogP contribution in [0.4, 0.5) is 0 Å². The fraction of sp³-hybridized carbons (Fsp3) is 0.667. The molecule has 1 fully saturated rings. The van der Waals surface area contributed by atoms with E-state index >= 15 is 0 Å². The summed E-state index contributed by atoms with van der Waals surface area (Å²) >= 11 is 0.